The summed E-state index contributed by atoms with van der Waals surface area (Å²) >= 11 is 1.47. The molecule has 7 heteroatoms. The average Bonchev–Trinajstić information content (AvgIpc) is 3.29. The van der Waals surface area contributed by atoms with Crippen LogP contribution in [0, 0.1) is 5.82 Å². The molecule has 1 aliphatic heterocycles. The third-order valence-corrected chi connectivity index (χ3v) is 6.15. The van der Waals surface area contributed by atoms with E-state index < -0.39 is 5.97 Å². The second kappa shape index (κ2) is 7.78. The van der Waals surface area contributed by atoms with E-state index >= 15 is 0 Å². The van der Waals surface area contributed by atoms with E-state index in [0.717, 1.165) is 24.8 Å². The summed E-state index contributed by atoms with van der Waals surface area (Å²) in [7, 11) is 0. The summed E-state index contributed by atoms with van der Waals surface area (Å²) in [5.41, 5.74) is 2.05. The summed E-state index contributed by atoms with van der Waals surface area (Å²) < 4.78 is 24.0. The number of carbonyl (C=O) groups is 2. The molecule has 1 aliphatic carbocycles. The summed E-state index contributed by atoms with van der Waals surface area (Å²) in [5, 5.41) is 0. The van der Waals surface area contributed by atoms with Crippen LogP contribution >= 0.6 is 11.3 Å². The Labute approximate surface area is 160 Å². The summed E-state index contributed by atoms with van der Waals surface area (Å²) in [6.07, 6.45) is 2.86. The number of halogens is 1. The lowest BCUT2D eigenvalue weighted by Gasteiger charge is -2.33. The van der Waals surface area contributed by atoms with Gasteiger partial charge in [-0.1, -0.05) is 12.1 Å². The molecule has 1 saturated heterocycles. The van der Waals surface area contributed by atoms with Crippen molar-refractivity contribution in [3.05, 3.63) is 57.0 Å². The van der Waals surface area contributed by atoms with E-state index in [1.165, 1.54) is 33.9 Å². The van der Waals surface area contributed by atoms with E-state index in [2.05, 4.69) is 0 Å². The molecule has 4 rings (SSSR count). The topological polar surface area (TPSA) is 55.8 Å². The van der Waals surface area contributed by atoms with Gasteiger partial charge in [0.25, 0.3) is 5.91 Å². The maximum Gasteiger partial charge on any atom is 0.348 e. The van der Waals surface area contributed by atoms with Gasteiger partial charge in [-0.05, 0) is 48.6 Å². The van der Waals surface area contributed by atoms with Gasteiger partial charge in [-0.3, -0.25) is 4.79 Å². The summed E-state index contributed by atoms with van der Waals surface area (Å²) in [6.45, 7) is 0.910. The molecule has 0 radical (unpaired) electrons. The van der Waals surface area contributed by atoms with Crippen molar-refractivity contribution < 1.29 is 23.5 Å². The van der Waals surface area contributed by atoms with Gasteiger partial charge in [0.15, 0.2) is 6.61 Å². The second-order valence-corrected chi connectivity index (χ2v) is 7.88. The maximum absolute atomic E-state index is 13.1. The van der Waals surface area contributed by atoms with Gasteiger partial charge in [0, 0.05) is 11.4 Å². The SMILES string of the molecule is O=C(OCC(=O)N1CCO[C@@H](c2ccc(F)cc2)C1)c1cc2c(s1)CCC2. The first-order valence-electron chi connectivity index (χ1n) is 9.04. The average molecular weight is 389 g/mol. The highest BCUT2D eigenvalue weighted by atomic mass is 32.1. The Kier molecular flexibility index (Phi) is 5.22. The summed E-state index contributed by atoms with van der Waals surface area (Å²) in [6, 6.07) is 7.95. The van der Waals surface area contributed by atoms with Gasteiger partial charge in [0.2, 0.25) is 0 Å². The standard InChI is InChI=1S/C20H20FNO4S/c21-15-6-4-13(5-7-15)16-11-22(8-9-25-16)19(23)12-26-20(24)18-10-14-2-1-3-17(14)27-18/h4-7,10,16H,1-3,8-9,11-12H2/t16-/m1/s1. The molecular weight excluding hydrogens is 369 g/mol. The van der Waals surface area contributed by atoms with Crippen LogP contribution < -0.4 is 0 Å². The van der Waals surface area contributed by atoms with E-state index in [1.807, 2.05) is 6.07 Å². The first-order chi connectivity index (χ1) is 13.1. The minimum atomic E-state index is -0.439. The third-order valence-electron chi connectivity index (χ3n) is 4.94. The van der Waals surface area contributed by atoms with Crippen LogP contribution in [0.25, 0.3) is 0 Å². The van der Waals surface area contributed by atoms with Crippen molar-refractivity contribution in [2.75, 3.05) is 26.3 Å². The van der Waals surface area contributed by atoms with Crippen molar-refractivity contribution in [3.63, 3.8) is 0 Å². The van der Waals surface area contributed by atoms with E-state index in [4.69, 9.17) is 9.47 Å². The van der Waals surface area contributed by atoms with Crippen LogP contribution in [-0.4, -0.2) is 43.1 Å². The number of morpholine rings is 1. The van der Waals surface area contributed by atoms with E-state index in [1.54, 1.807) is 17.0 Å². The molecule has 1 aromatic heterocycles. The van der Waals surface area contributed by atoms with Crippen molar-refractivity contribution in [1.29, 1.82) is 0 Å². The molecule has 1 aromatic carbocycles. The fourth-order valence-electron chi connectivity index (χ4n) is 3.47. The third kappa shape index (κ3) is 4.04. The number of ether oxygens (including phenoxy) is 2. The number of thiophene rings is 1. The largest absolute Gasteiger partial charge is 0.451 e. The fourth-order valence-corrected chi connectivity index (χ4v) is 4.62. The Morgan fingerprint density at radius 1 is 1.26 bits per heavy atom. The minimum Gasteiger partial charge on any atom is -0.451 e. The van der Waals surface area contributed by atoms with Crippen molar-refractivity contribution in [2.24, 2.45) is 0 Å². The van der Waals surface area contributed by atoms with Crippen LogP contribution in [0.3, 0.4) is 0 Å². The Hall–Kier alpha value is -2.25. The molecule has 0 saturated carbocycles. The number of esters is 1. The van der Waals surface area contributed by atoms with Crippen molar-refractivity contribution in [1.82, 2.24) is 4.90 Å². The molecule has 2 heterocycles. The van der Waals surface area contributed by atoms with Gasteiger partial charge >= 0.3 is 5.97 Å². The van der Waals surface area contributed by atoms with Crippen molar-refractivity contribution in [2.45, 2.75) is 25.4 Å². The molecule has 1 atom stereocenters. The van der Waals surface area contributed by atoms with Crippen LogP contribution in [0.1, 0.15) is 38.2 Å². The van der Waals surface area contributed by atoms with E-state index in [0.29, 0.717) is 24.6 Å². The molecule has 0 unspecified atom stereocenters. The first-order valence-corrected chi connectivity index (χ1v) is 9.85. The quantitative estimate of drug-likeness (QED) is 0.754. The van der Waals surface area contributed by atoms with E-state index in [-0.39, 0.29) is 24.4 Å². The lowest BCUT2D eigenvalue weighted by molar-refractivity contribution is -0.142. The predicted octanol–water partition coefficient (Wildman–Crippen LogP) is 3.13. The molecule has 5 nitrogen and oxygen atoms in total. The molecule has 0 spiro atoms. The Morgan fingerprint density at radius 3 is 2.85 bits per heavy atom. The number of hydrogen-bond acceptors (Lipinski definition) is 5. The molecular formula is C20H20FNO4S. The monoisotopic (exact) mass is 389 g/mol. The number of amides is 1. The Morgan fingerprint density at radius 2 is 2.07 bits per heavy atom. The van der Waals surface area contributed by atoms with Gasteiger partial charge in [0.1, 0.15) is 16.8 Å². The second-order valence-electron chi connectivity index (χ2n) is 6.74. The normalized spacial score (nSPS) is 19.0. The number of nitrogens with zero attached hydrogens (tertiary/aromatic N) is 1. The number of hydrogen-bond donors (Lipinski definition) is 0. The lowest BCUT2D eigenvalue weighted by atomic mass is 10.1. The number of fused-ring (bicyclic) bond motifs is 1. The molecule has 0 N–H and O–H groups in total. The summed E-state index contributed by atoms with van der Waals surface area (Å²) in [5.74, 6) is -0.997. The van der Waals surface area contributed by atoms with Gasteiger partial charge in [0.05, 0.1) is 13.2 Å². The van der Waals surface area contributed by atoms with Crippen LogP contribution in [0.4, 0.5) is 4.39 Å². The molecule has 2 aromatic rings. The molecule has 0 bridgehead atoms. The van der Waals surface area contributed by atoms with Crippen molar-refractivity contribution in [3.8, 4) is 0 Å². The highest BCUT2D eigenvalue weighted by Gasteiger charge is 2.27. The zero-order valence-corrected chi connectivity index (χ0v) is 15.6. The van der Waals surface area contributed by atoms with E-state index in [9.17, 15) is 14.0 Å². The van der Waals surface area contributed by atoms with Gasteiger partial charge < -0.3 is 14.4 Å². The maximum atomic E-state index is 13.1. The number of benzene rings is 1. The molecule has 142 valence electrons. The molecule has 27 heavy (non-hydrogen) atoms. The Bertz CT molecular complexity index is 827. The van der Waals surface area contributed by atoms with Crippen LogP contribution in [0.5, 0.6) is 0 Å². The van der Waals surface area contributed by atoms with Crippen LogP contribution in [0.2, 0.25) is 0 Å². The zero-order valence-electron chi connectivity index (χ0n) is 14.8. The predicted molar refractivity (Wildman–Crippen MR) is 98.3 cm³/mol. The zero-order chi connectivity index (χ0) is 18.8. The smallest absolute Gasteiger partial charge is 0.348 e. The highest BCUT2D eigenvalue weighted by molar-refractivity contribution is 7.14. The van der Waals surface area contributed by atoms with Crippen LogP contribution in [-0.2, 0) is 27.1 Å². The lowest BCUT2D eigenvalue weighted by Crippen LogP contribution is -2.44. The van der Waals surface area contributed by atoms with Gasteiger partial charge in [-0.25, -0.2) is 9.18 Å². The number of aryl methyl sites for hydroxylation is 2. The highest BCUT2D eigenvalue weighted by Crippen LogP contribution is 2.31. The molecule has 2 aliphatic rings. The van der Waals surface area contributed by atoms with Crippen LogP contribution in [0.15, 0.2) is 30.3 Å². The first kappa shape index (κ1) is 18.1. The molecule has 1 fully saturated rings. The fraction of sp³-hybridized carbons (Fsp3) is 0.400. The summed E-state index contributed by atoms with van der Waals surface area (Å²) in [4.78, 5) is 28.1. The van der Waals surface area contributed by atoms with Crippen molar-refractivity contribution >= 4 is 23.2 Å². The number of rotatable bonds is 4. The van der Waals surface area contributed by atoms with Gasteiger partial charge in [-0.2, -0.15) is 0 Å². The Balaban J connectivity index is 1.32. The van der Waals surface area contributed by atoms with Gasteiger partial charge in [-0.15, -0.1) is 11.3 Å². The number of carbonyl (C=O) groups excluding carboxylic acids is 2. The minimum absolute atomic E-state index is 0.247. The molecule has 1 amide bonds.